The minimum Gasteiger partial charge on any atom is -0.496 e. The molecule has 21 heavy (non-hydrogen) atoms. The molecule has 0 atom stereocenters. The molecule has 112 valence electrons. The van der Waals surface area contributed by atoms with Crippen molar-refractivity contribution in [3.63, 3.8) is 0 Å². The average Bonchev–Trinajstić information content (AvgIpc) is 2.47. The van der Waals surface area contributed by atoms with E-state index in [9.17, 15) is 4.79 Å². The number of nitriles is 1. The van der Waals surface area contributed by atoms with Crippen LogP contribution in [0, 0.1) is 11.3 Å². The molecule has 4 nitrogen and oxygen atoms in total. The quantitative estimate of drug-likeness (QED) is 0.754. The summed E-state index contributed by atoms with van der Waals surface area (Å²) in [6.07, 6.45) is 1.95. The first-order valence-corrected chi connectivity index (χ1v) is 7.00. The Morgan fingerprint density at radius 2 is 2.10 bits per heavy atom. The molecule has 0 aliphatic heterocycles. The van der Waals surface area contributed by atoms with Crippen molar-refractivity contribution >= 4 is 11.5 Å². The average molecular weight is 286 g/mol. The number of benzene rings is 1. The highest BCUT2D eigenvalue weighted by atomic mass is 16.5. The number of carbonyl (C=O) groups is 1. The van der Waals surface area contributed by atoms with Crippen LogP contribution in [0.2, 0.25) is 0 Å². The van der Waals surface area contributed by atoms with Crippen LogP contribution in [0.15, 0.2) is 30.3 Å². The highest BCUT2D eigenvalue weighted by Crippen LogP contribution is 2.25. The Bertz CT molecular complexity index is 556. The van der Waals surface area contributed by atoms with Crippen LogP contribution in [0.5, 0.6) is 5.75 Å². The maximum Gasteiger partial charge on any atom is 0.247 e. The molecule has 1 aromatic carbocycles. The molecular weight excluding hydrogens is 264 g/mol. The van der Waals surface area contributed by atoms with E-state index in [2.05, 4.69) is 6.07 Å². The fourth-order valence-electron chi connectivity index (χ4n) is 2.11. The van der Waals surface area contributed by atoms with Gasteiger partial charge in [-0.15, -0.1) is 0 Å². The number of para-hydroxylation sites is 1. The van der Waals surface area contributed by atoms with Gasteiger partial charge < -0.3 is 9.64 Å². The molecule has 0 aromatic heterocycles. The molecule has 0 aliphatic carbocycles. The Kier molecular flexibility index (Phi) is 6.48. The first kappa shape index (κ1) is 16.8. The number of ether oxygens (including phenoxy) is 1. The molecule has 4 heteroatoms. The van der Waals surface area contributed by atoms with Crippen LogP contribution in [-0.2, 0) is 4.79 Å². The van der Waals surface area contributed by atoms with Crippen molar-refractivity contribution in [2.24, 2.45) is 0 Å². The summed E-state index contributed by atoms with van der Waals surface area (Å²) in [7, 11) is 1.61. The maximum absolute atomic E-state index is 12.4. The zero-order valence-corrected chi connectivity index (χ0v) is 13.1. The fraction of sp³-hybridized carbons (Fsp3) is 0.412. The van der Waals surface area contributed by atoms with E-state index in [4.69, 9.17) is 10.00 Å². The lowest BCUT2D eigenvalue weighted by Gasteiger charge is -2.24. The number of carbonyl (C=O) groups excluding carboxylic acids is 1. The second-order valence-corrected chi connectivity index (χ2v) is 5.06. The standard InChI is InChI=1S/C17H22N2O2/c1-13(2)19(11-7-10-18)17(20)12-14(3)15-8-5-6-9-16(15)21-4/h5-6,8-9,12-13H,7,11H2,1-4H3. The number of methoxy groups -OCH3 is 1. The third-order valence-electron chi connectivity index (χ3n) is 3.24. The lowest BCUT2D eigenvalue weighted by Crippen LogP contribution is -2.36. The molecule has 0 unspecified atom stereocenters. The molecule has 0 aliphatic rings. The van der Waals surface area contributed by atoms with E-state index in [0.717, 1.165) is 16.9 Å². The minimum absolute atomic E-state index is 0.0626. The van der Waals surface area contributed by atoms with Gasteiger partial charge in [0.25, 0.3) is 0 Å². The predicted octanol–water partition coefficient (Wildman–Crippen LogP) is 3.25. The van der Waals surface area contributed by atoms with Gasteiger partial charge in [-0.1, -0.05) is 18.2 Å². The van der Waals surface area contributed by atoms with E-state index >= 15 is 0 Å². The number of hydrogen-bond donors (Lipinski definition) is 0. The lowest BCUT2D eigenvalue weighted by atomic mass is 10.1. The molecule has 0 heterocycles. The molecule has 1 rings (SSSR count). The van der Waals surface area contributed by atoms with Gasteiger partial charge in [-0.25, -0.2) is 0 Å². The van der Waals surface area contributed by atoms with Gasteiger partial charge in [0, 0.05) is 24.2 Å². The molecule has 1 aromatic rings. The Morgan fingerprint density at radius 1 is 1.43 bits per heavy atom. The van der Waals surface area contributed by atoms with Crippen LogP contribution in [-0.4, -0.2) is 30.5 Å². The number of hydrogen-bond acceptors (Lipinski definition) is 3. The van der Waals surface area contributed by atoms with E-state index in [0.29, 0.717) is 13.0 Å². The van der Waals surface area contributed by atoms with Crippen molar-refractivity contribution in [2.75, 3.05) is 13.7 Å². The van der Waals surface area contributed by atoms with Gasteiger partial charge in [0.2, 0.25) is 5.91 Å². The van der Waals surface area contributed by atoms with Crippen molar-refractivity contribution in [3.05, 3.63) is 35.9 Å². The normalized spacial score (nSPS) is 11.1. The molecule has 0 spiro atoms. The topological polar surface area (TPSA) is 53.3 Å². The summed E-state index contributed by atoms with van der Waals surface area (Å²) in [6, 6.07) is 9.74. The summed E-state index contributed by atoms with van der Waals surface area (Å²) >= 11 is 0. The number of rotatable bonds is 6. The van der Waals surface area contributed by atoms with Gasteiger partial charge in [0.05, 0.1) is 19.6 Å². The first-order valence-electron chi connectivity index (χ1n) is 7.00. The summed E-state index contributed by atoms with van der Waals surface area (Å²) in [5.41, 5.74) is 1.75. The largest absolute Gasteiger partial charge is 0.496 e. The minimum atomic E-state index is -0.0799. The first-order chi connectivity index (χ1) is 10.0. The smallest absolute Gasteiger partial charge is 0.247 e. The van der Waals surface area contributed by atoms with Gasteiger partial charge in [-0.05, 0) is 32.4 Å². The summed E-state index contributed by atoms with van der Waals surface area (Å²) in [4.78, 5) is 14.1. The lowest BCUT2D eigenvalue weighted by molar-refractivity contribution is -0.127. The molecular formula is C17H22N2O2. The van der Waals surface area contributed by atoms with Gasteiger partial charge in [-0.2, -0.15) is 5.26 Å². The predicted molar refractivity (Wildman–Crippen MR) is 83.7 cm³/mol. The van der Waals surface area contributed by atoms with E-state index in [1.165, 1.54) is 0 Å². The van der Waals surface area contributed by atoms with E-state index in [1.54, 1.807) is 18.1 Å². The van der Waals surface area contributed by atoms with Crippen LogP contribution in [0.3, 0.4) is 0 Å². The number of allylic oxidation sites excluding steroid dienone is 1. The van der Waals surface area contributed by atoms with Gasteiger partial charge in [0.15, 0.2) is 0 Å². The van der Waals surface area contributed by atoms with E-state index < -0.39 is 0 Å². The molecule has 0 N–H and O–H groups in total. The Hall–Kier alpha value is -2.28. The highest BCUT2D eigenvalue weighted by molar-refractivity contribution is 5.95. The fourth-order valence-corrected chi connectivity index (χ4v) is 2.11. The van der Waals surface area contributed by atoms with Gasteiger partial charge in [-0.3, -0.25) is 4.79 Å². The number of amides is 1. The summed E-state index contributed by atoms with van der Waals surface area (Å²) < 4.78 is 5.31. The van der Waals surface area contributed by atoms with Gasteiger partial charge >= 0.3 is 0 Å². The van der Waals surface area contributed by atoms with Crippen molar-refractivity contribution in [1.29, 1.82) is 5.26 Å². The summed E-state index contributed by atoms with van der Waals surface area (Å²) in [5.74, 6) is 0.663. The highest BCUT2D eigenvalue weighted by Gasteiger charge is 2.15. The van der Waals surface area contributed by atoms with E-state index in [1.807, 2.05) is 45.0 Å². The second kappa shape index (κ2) is 8.11. The third kappa shape index (κ3) is 4.64. The van der Waals surface area contributed by atoms with Crippen LogP contribution < -0.4 is 4.74 Å². The molecule has 1 amide bonds. The third-order valence-corrected chi connectivity index (χ3v) is 3.24. The summed E-state index contributed by atoms with van der Waals surface area (Å²) in [5, 5.41) is 8.69. The molecule has 0 radical (unpaired) electrons. The van der Waals surface area contributed by atoms with Crippen molar-refractivity contribution in [3.8, 4) is 11.8 Å². The summed E-state index contributed by atoms with van der Waals surface area (Å²) in [6.45, 7) is 6.23. The molecule has 0 bridgehead atoms. The second-order valence-electron chi connectivity index (χ2n) is 5.06. The maximum atomic E-state index is 12.4. The van der Waals surface area contributed by atoms with Gasteiger partial charge in [0.1, 0.15) is 5.75 Å². The van der Waals surface area contributed by atoms with Crippen molar-refractivity contribution < 1.29 is 9.53 Å². The van der Waals surface area contributed by atoms with Crippen molar-refractivity contribution in [2.45, 2.75) is 33.2 Å². The van der Waals surface area contributed by atoms with Crippen molar-refractivity contribution in [1.82, 2.24) is 4.90 Å². The zero-order valence-electron chi connectivity index (χ0n) is 13.1. The van der Waals surface area contributed by atoms with Crippen LogP contribution in [0.4, 0.5) is 0 Å². The molecule has 0 fully saturated rings. The van der Waals surface area contributed by atoms with E-state index in [-0.39, 0.29) is 11.9 Å². The SMILES string of the molecule is COc1ccccc1C(C)=CC(=O)N(CCC#N)C(C)C. The molecule has 0 saturated carbocycles. The van der Waals surface area contributed by atoms with Crippen LogP contribution >= 0.6 is 0 Å². The Morgan fingerprint density at radius 3 is 2.67 bits per heavy atom. The Balaban J connectivity index is 2.99. The van der Waals surface area contributed by atoms with Crippen LogP contribution in [0.1, 0.15) is 32.8 Å². The number of nitrogens with zero attached hydrogens (tertiary/aromatic N) is 2. The Labute approximate surface area is 126 Å². The zero-order chi connectivity index (χ0) is 15.8. The molecule has 0 saturated heterocycles. The monoisotopic (exact) mass is 286 g/mol. The van der Waals surface area contributed by atoms with Crippen LogP contribution in [0.25, 0.3) is 5.57 Å².